The van der Waals surface area contributed by atoms with Crippen molar-refractivity contribution < 1.29 is 9.90 Å². The minimum atomic E-state index is -0.513. The molecule has 1 radical (unpaired) electrons. The van der Waals surface area contributed by atoms with Crippen LogP contribution in [0.1, 0.15) is 32.6 Å². The maximum absolute atomic E-state index is 9.94. The van der Waals surface area contributed by atoms with Gasteiger partial charge in [0.05, 0.1) is 5.60 Å². The quantitative estimate of drug-likeness (QED) is 0.566. The Morgan fingerprint density at radius 2 is 2.09 bits per heavy atom. The molecule has 0 saturated heterocycles. The van der Waals surface area contributed by atoms with Crippen molar-refractivity contribution in [3.63, 3.8) is 0 Å². The molecule has 1 fully saturated rings. The summed E-state index contributed by atoms with van der Waals surface area (Å²) < 4.78 is 0. The third kappa shape index (κ3) is 2.50. The molecule has 0 aromatic rings. The lowest BCUT2D eigenvalue weighted by Gasteiger charge is -2.32. The molecular formula is C8H14NO2. The van der Waals surface area contributed by atoms with Gasteiger partial charge < -0.3 is 10.4 Å². The summed E-state index contributed by atoms with van der Waals surface area (Å²) in [6.07, 6.45) is 4.95. The molecular weight excluding hydrogens is 142 g/mol. The minimum Gasteiger partial charge on any atom is -0.390 e. The molecule has 1 saturated carbocycles. The highest BCUT2D eigenvalue weighted by atomic mass is 16.3. The molecule has 0 bridgehead atoms. The second-order valence-electron chi connectivity index (χ2n) is 3.52. The zero-order chi connectivity index (χ0) is 8.32. The fourth-order valence-corrected chi connectivity index (χ4v) is 1.47. The SMILES string of the molecule is CC1(O)CCC(N[C]=O)CC1. The van der Waals surface area contributed by atoms with Gasteiger partial charge in [0.1, 0.15) is 0 Å². The van der Waals surface area contributed by atoms with E-state index in [-0.39, 0.29) is 6.04 Å². The third-order valence-electron chi connectivity index (χ3n) is 2.33. The Labute approximate surface area is 66.8 Å². The van der Waals surface area contributed by atoms with Gasteiger partial charge in [-0.1, -0.05) is 0 Å². The Morgan fingerprint density at radius 1 is 1.55 bits per heavy atom. The van der Waals surface area contributed by atoms with Crippen molar-refractivity contribution in [1.29, 1.82) is 0 Å². The molecule has 0 unspecified atom stereocenters. The molecule has 1 amide bonds. The Hall–Kier alpha value is -0.570. The Morgan fingerprint density at radius 3 is 2.55 bits per heavy atom. The molecule has 2 N–H and O–H groups in total. The van der Waals surface area contributed by atoms with E-state index in [1.165, 1.54) is 0 Å². The fraction of sp³-hybridized carbons (Fsp3) is 0.875. The molecule has 0 heterocycles. The van der Waals surface area contributed by atoms with Gasteiger partial charge in [0.2, 0.25) is 0 Å². The van der Waals surface area contributed by atoms with Crippen LogP contribution in [0.3, 0.4) is 0 Å². The van der Waals surface area contributed by atoms with Crippen molar-refractivity contribution in [1.82, 2.24) is 5.32 Å². The highest BCUT2D eigenvalue weighted by molar-refractivity contribution is 5.47. The summed E-state index contributed by atoms with van der Waals surface area (Å²) in [5.41, 5.74) is -0.513. The lowest BCUT2D eigenvalue weighted by atomic mass is 9.84. The van der Waals surface area contributed by atoms with E-state index in [2.05, 4.69) is 5.32 Å². The van der Waals surface area contributed by atoms with Crippen molar-refractivity contribution in [2.75, 3.05) is 0 Å². The predicted molar refractivity (Wildman–Crippen MR) is 41.7 cm³/mol. The lowest BCUT2D eigenvalue weighted by molar-refractivity contribution is 0.0159. The van der Waals surface area contributed by atoms with E-state index >= 15 is 0 Å². The van der Waals surface area contributed by atoms with Crippen molar-refractivity contribution in [2.24, 2.45) is 0 Å². The molecule has 3 nitrogen and oxygen atoms in total. The molecule has 0 aromatic heterocycles. The first-order chi connectivity index (χ1) is 5.14. The van der Waals surface area contributed by atoms with Gasteiger partial charge in [-0.05, 0) is 32.6 Å². The van der Waals surface area contributed by atoms with E-state index < -0.39 is 5.60 Å². The molecule has 1 rings (SSSR count). The second-order valence-corrected chi connectivity index (χ2v) is 3.52. The fourth-order valence-electron chi connectivity index (χ4n) is 1.47. The van der Waals surface area contributed by atoms with Crippen molar-refractivity contribution in [3.05, 3.63) is 0 Å². The van der Waals surface area contributed by atoms with Crippen LogP contribution in [0.25, 0.3) is 0 Å². The van der Waals surface area contributed by atoms with Gasteiger partial charge >= 0.3 is 6.41 Å². The van der Waals surface area contributed by atoms with Gasteiger partial charge in [-0.15, -0.1) is 0 Å². The lowest BCUT2D eigenvalue weighted by Crippen LogP contribution is -2.38. The molecule has 0 spiro atoms. The van der Waals surface area contributed by atoms with E-state index in [4.69, 9.17) is 0 Å². The van der Waals surface area contributed by atoms with Crippen LogP contribution in [0, 0.1) is 0 Å². The maximum Gasteiger partial charge on any atom is 0.309 e. The van der Waals surface area contributed by atoms with E-state index in [0.717, 1.165) is 25.7 Å². The normalized spacial score (nSPS) is 38.2. The number of hydrogen-bond donors (Lipinski definition) is 2. The van der Waals surface area contributed by atoms with Crippen molar-refractivity contribution >= 4 is 6.41 Å². The summed E-state index contributed by atoms with van der Waals surface area (Å²) in [6, 6.07) is 0.229. The van der Waals surface area contributed by atoms with Crippen LogP contribution in [0.5, 0.6) is 0 Å². The van der Waals surface area contributed by atoms with E-state index in [0.29, 0.717) is 0 Å². The van der Waals surface area contributed by atoms with Gasteiger partial charge in [0.15, 0.2) is 0 Å². The molecule has 1 aliphatic rings. The molecule has 0 aromatic carbocycles. The first kappa shape index (κ1) is 8.53. The van der Waals surface area contributed by atoms with Crippen LogP contribution < -0.4 is 5.32 Å². The summed E-state index contributed by atoms with van der Waals surface area (Å²) in [4.78, 5) is 9.94. The van der Waals surface area contributed by atoms with E-state index in [9.17, 15) is 9.90 Å². The van der Waals surface area contributed by atoms with Gasteiger partial charge in [-0.2, -0.15) is 0 Å². The summed E-state index contributed by atoms with van der Waals surface area (Å²) in [6.45, 7) is 1.84. The van der Waals surface area contributed by atoms with Crippen molar-refractivity contribution in [3.8, 4) is 0 Å². The van der Waals surface area contributed by atoms with Gasteiger partial charge in [0.25, 0.3) is 0 Å². The van der Waals surface area contributed by atoms with Crippen molar-refractivity contribution in [2.45, 2.75) is 44.2 Å². The highest BCUT2D eigenvalue weighted by Gasteiger charge is 2.28. The number of hydrogen-bond acceptors (Lipinski definition) is 2. The molecule has 1 aliphatic carbocycles. The first-order valence-electron chi connectivity index (χ1n) is 3.99. The zero-order valence-corrected chi connectivity index (χ0v) is 6.76. The number of nitrogens with one attached hydrogen (secondary N) is 1. The van der Waals surface area contributed by atoms with Crippen LogP contribution in [-0.2, 0) is 4.79 Å². The average molecular weight is 156 g/mol. The van der Waals surface area contributed by atoms with Crippen LogP contribution >= 0.6 is 0 Å². The monoisotopic (exact) mass is 156 g/mol. The number of rotatable bonds is 2. The molecule has 0 aliphatic heterocycles. The third-order valence-corrected chi connectivity index (χ3v) is 2.33. The van der Waals surface area contributed by atoms with Gasteiger partial charge in [-0.25, -0.2) is 0 Å². The van der Waals surface area contributed by atoms with Crippen LogP contribution in [-0.4, -0.2) is 23.2 Å². The summed E-state index contributed by atoms with van der Waals surface area (Å²) in [7, 11) is 0. The van der Waals surface area contributed by atoms with E-state index in [1.807, 2.05) is 6.92 Å². The number of amides is 1. The van der Waals surface area contributed by atoms with Crippen LogP contribution in [0.15, 0.2) is 0 Å². The second kappa shape index (κ2) is 3.22. The van der Waals surface area contributed by atoms with Gasteiger partial charge in [0, 0.05) is 6.04 Å². The number of aliphatic hydroxyl groups is 1. The first-order valence-corrected chi connectivity index (χ1v) is 3.99. The van der Waals surface area contributed by atoms with E-state index in [1.54, 1.807) is 6.41 Å². The van der Waals surface area contributed by atoms with Gasteiger partial charge in [-0.3, -0.25) is 4.79 Å². The standard InChI is InChI=1S/C8H14NO2/c1-8(11)4-2-7(3-5-8)9-6-10/h7,11H,2-5H2,1H3,(H,9,10). The highest BCUT2D eigenvalue weighted by Crippen LogP contribution is 2.27. The predicted octanol–water partition coefficient (Wildman–Crippen LogP) is 0.337. The largest absolute Gasteiger partial charge is 0.390 e. The van der Waals surface area contributed by atoms with Crippen LogP contribution in [0.2, 0.25) is 0 Å². The van der Waals surface area contributed by atoms with Crippen LogP contribution in [0.4, 0.5) is 0 Å². The maximum atomic E-state index is 9.94. The molecule has 63 valence electrons. The Bertz CT molecular complexity index is 135. The minimum absolute atomic E-state index is 0.229. The number of carbonyl (C=O) groups excluding carboxylic acids is 1. The summed E-state index contributed by atoms with van der Waals surface area (Å²) in [5, 5.41) is 12.1. The average Bonchev–Trinajstić information content (AvgIpc) is 1.94. The Kier molecular flexibility index (Phi) is 2.49. The summed E-state index contributed by atoms with van der Waals surface area (Å²) in [5.74, 6) is 0. The molecule has 0 atom stereocenters. The zero-order valence-electron chi connectivity index (χ0n) is 6.76. The molecule has 11 heavy (non-hydrogen) atoms. The smallest absolute Gasteiger partial charge is 0.309 e. The summed E-state index contributed by atoms with van der Waals surface area (Å²) >= 11 is 0. The topological polar surface area (TPSA) is 49.3 Å². The Balaban J connectivity index is 2.30. The molecule has 3 heteroatoms.